The molecule has 14 nitrogen and oxygen atoms in total. The maximum Gasteiger partial charge on any atom is 0.306 e. The minimum Gasteiger partial charge on any atom is -0.462 e. The van der Waals surface area contributed by atoms with E-state index in [0.717, 1.165) is 55.3 Å². The van der Waals surface area contributed by atoms with Gasteiger partial charge in [-0.25, -0.2) is 0 Å². The van der Waals surface area contributed by atoms with Crippen molar-refractivity contribution in [3.8, 4) is 0 Å². The van der Waals surface area contributed by atoms with Crippen LogP contribution in [0.15, 0.2) is 11.6 Å². The number of ether oxygens (including phenoxy) is 4. The molecule has 3 amide bonds. The van der Waals surface area contributed by atoms with E-state index < -0.39 is 30.5 Å². The van der Waals surface area contributed by atoms with Gasteiger partial charge in [-0.05, 0) is 91.3 Å². The molecule has 13 atom stereocenters. The summed E-state index contributed by atoms with van der Waals surface area (Å²) >= 11 is 0. The van der Waals surface area contributed by atoms with Gasteiger partial charge in [0.15, 0.2) is 6.29 Å². The maximum atomic E-state index is 13.0. The van der Waals surface area contributed by atoms with Gasteiger partial charge in [0, 0.05) is 78.7 Å². The molecule has 0 bridgehead atoms. The molecule has 0 aromatic carbocycles. The Morgan fingerprint density at radius 3 is 2.37 bits per heavy atom. The van der Waals surface area contributed by atoms with E-state index in [1.165, 1.54) is 64.7 Å². The Bertz CT molecular complexity index is 1540. The molecule has 63 heavy (non-hydrogen) atoms. The lowest BCUT2D eigenvalue weighted by molar-refractivity contribution is -0.274. The standard InChI is InChI=1S/C49H84N4O10/c1-31(2)10-9-11-32(3)37-14-15-38-36-13-12-34-28-35(18-21-48(34,5)39(36)19-22-49(37,38)6)62-44(57)17-16-41(54)51-25-27-53(43(56)30-60-7)26-24-50-23-20-42(55)52-29-40-33(4)45(58)46(59)47(61-8)63-40/h12,31-33,35-40,45-47,50,58-59H,9-11,13-30H2,1-8H3,(H,51,54)(H,52,55)/t32-,33+,35?,36+,37-,38+,39+,40?,45+,46-,47?,48+,49-/m0/s1. The van der Waals surface area contributed by atoms with Crippen LogP contribution >= 0.6 is 0 Å². The van der Waals surface area contributed by atoms with Crippen LogP contribution in [-0.2, 0) is 38.1 Å². The molecule has 360 valence electrons. The van der Waals surface area contributed by atoms with E-state index in [0.29, 0.717) is 31.0 Å². The lowest BCUT2D eigenvalue weighted by Crippen LogP contribution is -2.56. The Balaban J connectivity index is 0.976. The first-order chi connectivity index (χ1) is 30.0. The topological polar surface area (TPSA) is 185 Å². The van der Waals surface area contributed by atoms with Crippen molar-refractivity contribution in [1.29, 1.82) is 0 Å². The van der Waals surface area contributed by atoms with Crippen molar-refractivity contribution < 1.29 is 48.3 Å². The molecule has 1 saturated heterocycles. The van der Waals surface area contributed by atoms with Crippen molar-refractivity contribution in [1.82, 2.24) is 20.9 Å². The van der Waals surface area contributed by atoms with Crippen LogP contribution in [0.3, 0.4) is 0 Å². The van der Waals surface area contributed by atoms with Gasteiger partial charge in [0.2, 0.25) is 17.7 Å². The predicted octanol–water partition coefficient (Wildman–Crippen LogP) is 5.14. The van der Waals surface area contributed by atoms with Crippen LogP contribution in [0.5, 0.6) is 0 Å². The fourth-order valence-corrected chi connectivity index (χ4v) is 12.5. The van der Waals surface area contributed by atoms with E-state index in [2.05, 4.69) is 56.6 Å². The second kappa shape index (κ2) is 23.7. The molecule has 4 aliphatic carbocycles. The second-order valence-corrected chi connectivity index (χ2v) is 20.7. The summed E-state index contributed by atoms with van der Waals surface area (Å²) in [5.41, 5.74) is 2.13. The number of carbonyl (C=O) groups is 4. The Morgan fingerprint density at radius 2 is 1.63 bits per heavy atom. The summed E-state index contributed by atoms with van der Waals surface area (Å²) in [5.74, 6) is 3.26. The second-order valence-electron chi connectivity index (χ2n) is 20.7. The van der Waals surface area contributed by atoms with Gasteiger partial charge < -0.3 is 50.0 Å². The summed E-state index contributed by atoms with van der Waals surface area (Å²) in [6.45, 7) is 15.8. The Hall–Kier alpha value is -2.62. The number of carbonyl (C=O) groups excluding carboxylic acids is 4. The Labute approximate surface area is 378 Å². The van der Waals surface area contributed by atoms with E-state index in [-0.39, 0.29) is 80.7 Å². The Kier molecular flexibility index (Phi) is 19.3. The molecule has 0 spiro atoms. The number of hydrogen-bond donors (Lipinski definition) is 5. The molecule has 1 heterocycles. The van der Waals surface area contributed by atoms with Crippen molar-refractivity contribution in [3.05, 3.63) is 11.6 Å². The number of rotatable bonds is 23. The zero-order valence-corrected chi connectivity index (χ0v) is 40.0. The summed E-state index contributed by atoms with van der Waals surface area (Å²) < 4.78 is 21.8. The van der Waals surface area contributed by atoms with Gasteiger partial charge in [-0.15, -0.1) is 0 Å². The molecular formula is C49H84N4O10. The number of amides is 3. The highest BCUT2D eigenvalue weighted by Crippen LogP contribution is 2.67. The summed E-state index contributed by atoms with van der Waals surface area (Å²) in [4.78, 5) is 52.6. The molecule has 5 N–H and O–H groups in total. The van der Waals surface area contributed by atoms with E-state index >= 15 is 0 Å². The van der Waals surface area contributed by atoms with Gasteiger partial charge >= 0.3 is 5.97 Å². The molecule has 0 aromatic rings. The minimum absolute atomic E-state index is 0.00987. The third kappa shape index (κ3) is 13.1. The molecule has 14 heteroatoms. The minimum atomic E-state index is -1.16. The van der Waals surface area contributed by atoms with Crippen molar-refractivity contribution in [2.75, 3.05) is 60.1 Å². The fraction of sp³-hybridized carbons (Fsp3) is 0.878. The maximum absolute atomic E-state index is 13.0. The third-order valence-electron chi connectivity index (χ3n) is 16.3. The zero-order chi connectivity index (χ0) is 45.9. The van der Waals surface area contributed by atoms with Crippen LogP contribution in [-0.4, -0.2) is 130 Å². The van der Waals surface area contributed by atoms with Crippen molar-refractivity contribution >= 4 is 23.7 Å². The van der Waals surface area contributed by atoms with Crippen molar-refractivity contribution in [2.45, 2.75) is 162 Å². The summed E-state index contributed by atoms with van der Waals surface area (Å²) in [5, 5.41) is 29.2. The van der Waals surface area contributed by atoms with Crippen LogP contribution in [0, 0.1) is 52.3 Å². The predicted molar refractivity (Wildman–Crippen MR) is 241 cm³/mol. The van der Waals surface area contributed by atoms with Crippen LogP contribution < -0.4 is 16.0 Å². The number of aliphatic hydroxyl groups excluding tert-OH is 2. The molecule has 5 rings (SSSR count). The van der Waals surface area contributed by atoms with Crippen LogP contribution in [0.4, 0.5) is 0 Å². The Morgan fingerprint density at radius 1 is 0.889 bits per heavy atom. The van der Waals surface area contributed by atoms with E-state index in [9.17, 15) is 29.4 Å². The number of esters is 1. The molecule has 1 aliphatic heterocycles. The lowest BCUT2D eigenvalue weighted by Gasteiger charge is -2.58. The molecule has 0 aromatic heterocycles. The smallest absolute Gasteiger partial charge is 0.306 e. The van der Waals surface area contributed by atoms with Gasteiger partial charge in [0.1, 0.15) is 18.8 Å². The number of allylic oxidation sites excluding steroid dienone is 1. The van der Waals surface area contributed by atoms with Gasteiger partial charge in [-0.3, -0.25) is 19.2 Å². The monoisotopic (exact) mass is 889 g/mol. The van der Waals surface area contributed by atoms with Crippen LogP contribution in [0.25, 0.3) is 0 Å². The zero-order valence-electron chi connectivity index (χ0n) is 40.0. The number of methoxy groups -OCH3 is 2. The number of hydrogen-bond acceptors (Lipinski definition) is 11. The van der Waals surface area contributed by atoms with Gasteiger partial charge in [0.25, 0.3) is 0 Å². The van der Waals surface area contributed by atoms with E-state index in [4.69, 9.17) is 18.9 Å². The average Bonchev–Trinajstić information content (AvgIpc) is 3.61. The van der Waals surface area contributed by atoms with Crippen molar-refractivity contribution in [3.63, 3.8) is 0 Å². The lowest BCUT2D eigenvalue weighted by atomic mass is 9.47. The molecule has 5 aliphatic rings. The van der Waals surface area contributed by atoms with Crippen molar-refractivity contribution in [2.24, 2.45) is 52.3 Å². The highest BCUT2D eigenvalue weighted by Gasteiger charge is 2.59. The number of aliphatic hydroxyl groups is 2. The third-order valence-corrected chi connectivity index (χ3v) is 16.3. The first kappa shape index (κ1) is 51.4. The number of nitrogens with zero attached hydrogens (tertiary/aromatic N) is 1. The van der Waals surface area contributed by atoms with Gasteiger partial charge in [-0.1, -0.05) is 72.5 Å². The summed E-state index contributed by atoms with van der Waals surface area (Å²) in [6, 6.07) is 0. The first-order valence-corrected chi connectivity index (χ1v) is 24.5. The highest BCUT2D eigenvalue weighted by atomic mass is 16.7. The molecule has 3 saturated carbocycles. The molecule has 3 unspecified atom stereocenters. The van der Waals surface area contributed by atoms with E-state index in [1.54, 1.807) is 11.8 Å². The average molecular weight is 889 g/mol. The van der Waals surface area contributed by atoms with E-state index in [1.807, 2.05) is 0 Å². The summed E-state index contributed by atoms with van der Waals surface area (Å²) in [6.07, 6.45) is 12.3. The van der Waals surface area contributed by atoms with Crippen LogP contribution in [0.2, 0.25) is 0 Å². The normalized spacial score (nSPS) is 34.2. The number of nitrogens with one attached hydrogen (secondary N) is 3. The fourth-order valence-electron chi connectivity index (χ4n) is 12.5. The molecular weight excluding hydrogens is 805 g/mol. The largest absolute Gasteiger partial charge is 0.462 e. The first-order valence-electron chi connectivity index (χ1n) is 24.5. The molecule has 0 radical (unpaired) electrons. The highest BCUT2D eigenvalue weighted by molar-refractivity contribution is 5.81. The van der Waals surface area contributed by atoms with Gasteiger partial charge in [0.05, 0.1) is 18.6 Å². The summed E-state index contributed by atoms with van der Waals surface area (Å²) in [7, 11) is 2.83. The molecule has 4 fully saturated rings. The van der Waals surface area contributed by atoms with Gasteiger partial charge in [-0.2, -0.15) is 0 Å². The van der Waals surface area contributed by atoms with Crippen LogP contribution in [0.1, 0.15) is 131 Å². The SMILES string of the molecule is COCC(=O)N(CCNCCC(=O)NCC1OC(OC)[C@@H](O)[C@H](O)[C@@H]1C)CCNC(=O)CCC(=O)OC1CC[C@]2(C)C(=CC[C@@H]3[C@H]4CC[C@@H]([C@@H](C)CCCC(C)C)[C@]4(C)CC[C@H]32)C1. The number of fused-ring (bicyclic) bond motifs is 5. The quantitative estimate of drug-likeness (QED) is 0.0521.